The first kappa shape index (κ1) is 17.2. The van der Waals surface area contributed by atoms with E-state index in [1.54, 1.807) is 0 Å². The van der Waals surface area contributed by atoms with Crippen molar-refractivity contribution in [3.63, 3.8) is 0 Å². The normalized spacial score (nSPS) is 12.6. The minimum atomic E-state index is -4.34. The minimum Gasteiger partial charge on any atom is -0.332 e. The lowest BCUT2D eigenvalue weighted by atomic mass is 10.1. The molecule has 0 aliphatic heterocycles. The zero-order chi connectivity index (χ0) is 14.4. The molecular weight excluding hydrogens is 245 g/mol. The molecule has 0 unspecified atom stereocenters. The lowest BCUT2D eigenvalue weighted by molar-refractivity contribution is -0.160. The lowest BCUT2D eigenvalue weighted by Gasteiger charge is -2.26. The molecule has 0 spiro atoms. The predicted octanol–water partition coefficient (Wildman–Crippen LogP) is 2.57. The van der Waals surface area contributed by atoms with Crippen molar-refractivity contribution in [1.82, 2.24) is 10.2 Å². The summed E-state index contributed by atoms with van der Waals surface area (Å²) in [5, 5.41) is 2.91. The third kappa shape index (κ3) is 9.27. The van der Waals surface area contributed by atoms with Crippen LogP contribution in [0.3, 0.4) is 0 Å². The molecule has 108 valence electrons. The van der Waals surface area contributed by atoms with E-state index in [4.69, 9.17) is 0 Å². The molecule has 0 atom stereocenters. The maximum Gasteiger partial charge on any atom is 0.406 e. The molecule has 0 saturated carbocycles. The molecule has 1 amide bonds. The summed E-state index contributed by atoms with van der Waals surface area (Å²) in [6, 6.07) is 0. The third-order valence-electron chi connectivity index (χ3n) is 2.27. The van der Waals surface area contributed by atoms with Gasteiger partial charge in [-0.25, -0.2) is 0 Å². The Kier molecular flexibility index (Phi) is 6.67. The Morgan fingerprint density at radius 1 is 1.22 bits per heavy atom. The minimum absolute atomic E-state index is 0.0662. The number of nitrogens with zero attached hydrogens (tertiary/aromatic N) is 1. The molecule has 6 heteroatoms. The van der Waals surface area contributed by atoms with Crippen LogP contribution in [0, 0.1) is 0 Å². The molecule has 0 radical (unpaired) electrons. The van der Waals surface area contributed by atoms with Crippen LogP contribution in [0.15, 0.2) is 0 Å². The van der Waals surface area contributed by atoms with Crippen LogP contribution in [0.2, 0.25) is 0 Å². The highest BCUT2D eigenvalue weighted by atomic mass is 19.4. The van der Waals surface area contributed by atoms with Crippen molar-refractivity contribution in [2.24, 2.45) is 0 Å². The Balaban J connectivity index is 4.40. The first-order valence-electron chi connectivity index (χ1n) is 6.14. The summed E-state index contributed by atoms with van der Waals surface area (Å²) in [4.78, 5) is 12.6. The summed E-state index contributed by atoms with van der Waals surface area (Å²) in [6.45, 7) is 6.38. The van der Waals surface area contributed by atoms with Gasteiger partial charge in [-0.05, 0) is 27.2 Å². The monoisotopic (exact) mass is 268 g/mol. The van der Waals surface area contributed by atoms with Gasteiger partial charge in [-0.1, -0.05) is 13.3 Å². The number of carbonyl (C=O) groups is 1. The third-order valence-corrected chi connectivity index (χ3v) is 2.27. The summed E-state index contributed by atoms with van der Waals surface area (Å²) >= 11 is 0. The van der Waals surface area contributed by atoms with Crippen molar-refractivity contribution in [3.8, 4) is 0 Å². The molecule has 0 aliphatic rings. The van der Waals surface area contributed by atoms with Gasteiger partial charge in [0.15, 0.2) is 0 Å². The van der Waals surface area contributed by atoms with E-state index in [0.29, 0.717) is 6.42 Å². The number of hydrogen-bond acceptors (Lipinski definition) is 2. The van der Waals surface area contributed by atoms with E-state index in [0.717, 1.165) is 11.3 Å². The van der Waals surface area contributed by atoms with Crippen molar-refractivity contribution in [3.05, 3.63) is 0 Å². The van der Waals surface area contributed by atoms with Gasteiger partial charge in [-0.2, -0.15) is 13.2 Å². The van der Waals surface area contributed by atoms with Crippen molar-refractivity contribution in [1.29, 1.82) is 0 Å². The van der Waals surface area contributed by atoms with E-state index in [1.165, 1.54) is 0 Å². The fourth-order valence-electron chi connectivity index (χ4n) is 1.31. The van der Waals surface area contributed by atoms with E-state index >= 15 is 0 Å². The Labute approximate surface area is 107 Å². The topological polar surface area (TPSA) is 32.3 Å². The molecule has 0 bridgehead atoms. The summed E-state index contributed by atoms with van der Waals surface area (Å²) < 4.78 is 37.1. The van der Waals surface area contributed by atoms with Crippen LogP contribution >= 0.6 is 0 Å². The second kappa shape index (κ2) is 6.97. The van der Waals surface area contributed by atoms with E-state index in [-0.39, 0.29) is 18.6 Å². The van der Waals surface area contributed by atoms with Gasteiger partial charge in [0.25, 0.3) is 0 Å². The van der Waals surface area contributed by atoms with Crippen LogP contribution in [0.4, 0.5) is 13.2 Å². The Hall–Kier alpha value is -0.780. The average Bonchev–Trinajstić information content (AvgIpc) is 2.18. The molecule has 0 aromatic heterocycles. The highest BCUT2D eigenvalue weighted by Crippen LogP contribution is 2.17. The van der Waals surface area contributed by atoms with Crippen LogP contribution in [0.5, 0.6) is 0 Å². The number of nitrogens with one attached hydrogen (secondary N) is 1. The summed E-state index contributed by atoms with van der Waals surface area (Å²) in [6.07, 6.45) is -3.00. The van der Waals surface area contributed by atoms with Gasteiger partial charge in [0.2, 0.25) is 5.91 Å². The standard InChI is InChI=1S/C12H23F3N2O/c1-5-6-7-17(9-12(13,14)15)10(18)8-16-11(2,3)4/h16H,5-9H2,1-4H3. The van der Waals surface area contributed by atoms with Crippen LogP contribution < -0.4 is 5.32 Å². The number of carbonyl (C=O) groups excluding carboxylic acids is 1. The number of amides is 1. The van der Waals surface area contributed by atoms with Gasteiger partial charge >= 0.3 is 6.18 Å². The molecule has 0 aromatic rings. The van der Waals surface area contributed by atoms with E-state index in [2.05, 4.69) is 5.32 Å². The first-order valence-corrected chi connectivity index (χ1v) is 6.14. The number of hydrogen-bond donors (Lipinski definition) is 1. The smallest absolute Gasteiger partial charge is 0.332 e. The van der Waals surface area contributed by atoms with Crippen molar-refractivity contribution in [2.75, 3.05) is 19.6 Å². The zero-order valence-electron chi connectivity index (χ0n) is 11.5. The molecule has 0 rings (SSSR count). The SMILES string of the molecule is CCCCN(CC(F)(F)F)C(=O)CNC(C)(C)C. The quantitative estimate of drug-likeness (QED) is 0.803. The fraction of sp³-hybridized carbons (Fsp3) is 0.917. The Morgan fingerprint density at radius 3 is 2.17 bits per heavy atom. The van der Waals surface area contributed by atoms with Gasteiger partial charge in [0, 0.05) is 12.1 Å². The predicted molar refractivity (Wildman–Crippen MR) is 65.3 cm³/mol. The van der Waals surface area contributed by atoms with Gasteiger partial charge in [-0.3, -0.25) is 4.79 Å². The van der Waals surface area contributed by atoms with Gasteiger partial charge in [0.05, 0.1) is 6.54 Å². The van der Waals surface area contributed by atoms with Crippen molar-refractivity contribution < 1.29 is 18.0 Å². The number of alkyl halides is 3. The van der Waals surface area contributed by atoms with Crippen LogP contribution in [0.25, 0.3) is 0 Å². The van der Waals surface area contributed by atoms with Crippen LogP contribution in [-0.4, -0.2) is 42.2 Å². The summed E-state index contributed by atoms with van der Waals surface area (Å²) in [5.41, 5.74) is -0.287. The highest BCUT2D eigenvalue weighted by Gasteiger charge is 2.32. The zero-order valence-corrected chi connectivity index (χ0v) is 11.5. The second-order valence-electron chi connectivity index (χ2n) is 5.39. The van der Waals surface area contributed by atoms with Crippen LogP contribution in [-0.2, 0) is 4.79 Å². The molecular formula is C12H23F3N2O. The lowest BCUT2D eigenvalue weighted by Crippen LogP contribution is -2.47. The van der Waals surface area contributed by atoms with E-state index < -0.39 is 18.6 Å². The first-order chi connectivity index (χ1) is 8.05. The molecule has 0 saturated heterocycles. The van der Waals surface area contributed by atoms with Crippen molar-refractivity contribution >= 4 is 5.91 Å². The Bertz CT molecular complexity index is 259. The van der Waals surface area contributed by atoms with Crippen LogP contribution in [0.1, 0.15) is 40.5 Å². The molecule has 0 fully saturated rings. The highest BCUT2D eigenvalue weighted by molar-refractivity contribution is 5.78. The number of unbranched alkanes of at least 4 members (excludes halogenated alkanes) is 1. The molecule has 0 aliphatic carbocycles. The molecule has 0 heterocycles. The molecule has 3 nitrogen and oxygen atoms in total. The number of halogens is 3. The summed E-state index contributed by atoms with van der Waals surface area (Å²) in [5.74, 6) is -0.504. The number of rotatable bonds is 6. The Morgan fingerprint density at radius 2 is 1.78 bits per heavy atom. The summed E-state index contributed by atoms with van der Waals surface area (Å²) in [7, 11) is 0. The van der Waals surface area contributed by atoms with Gasteiger partial charge in [-0.15, -0.1) is 0 Å². The van der Waals surface area contributed by atoms with Gasteiger partial charge in [0.1, 0.15) is 6.54 Å². The average molecular weight is 268 g/mol. The fourth-order valence-corrected chi connectivity index (χ4v) is 1.31. The van der Waals surface area contributed by atoms with Crippen molar-refractivity contribution in [2.45, 2.75) is 52.3 Å². The second-order valence-corrected chi connectivity index (χ2v) is 5.39. The van der Waals surface area contributed by atoms with Gasteiger partial charge < -0.3 is 10.2 Å². The maximum atomic E-state index is 12.4. The van der Waals surface area contributed by atoms with E-state index in [1.807, 2.05) is 27.7 Å². The largest absolute Gasteiger partial charge is 0.406 e. The van der Waals surface area contributed by atoms with E-state index in [9.17, 15) is 18.0 Å². The molecule has 1 N–H and O–H groups in total. The maximum absolute atomic E-state index is 12.4. The molecule has 0 aromatic carbocycles. The molecule has 18 heavy (non-hydrogen) atoms.